The minimum Gasteiger partial charge on any atom is -0.496 e. The topological polar surface area (TPSA) is 51.2 Å². The Bertz CT molecular complexity index is 667. The first-order valence-electron chi connectivity index (χ1n) is 7.77. The van der Waals surface area contributed by atoms with Gasteiger partial charge in [0.05, 0.1) is 7.11 Å². The van der Waals surface area contributed by atoms with Crippen molar-refractivity contribution in [3.8, 4) is 5.75 Å². The average molecular weight is 349 g/mol. The van der Waals surface area contributed by atoms with Crippen molar-refractivity contribution >= 4 is 18.3 Å². The molecule has 0 atom stereocenters. The first-order chi connectivity index (χ1) is 10.9. The van der Waals surface area contributed by atoms with Gasteiger partial charge < -0.3 is 10.1 Å². The number of pyridine rings is 1. The Labute approximate surface area is 150 Å². The van der Waals surface area contributed by atoms with Crippen molar-refractivity contribution in [2.75, 3.05) is 13.7 Å². The third-order valence-electron chi connectivity index (χ3n) is 3.71. The largest absolute Gasteiger partial charge is 0.496 e. The van der Waals surface area contributed by atoms with Crippen LogP contribution in [0.2, 0.25) is 0 Å². The number of carbonyl (C=O) groups excluding carboxylic acids is 1. The molecule has 1 N–H and O–H groups in total. The summed E-state index contributed by atoms with van der Waals surface area (Å²) in [7, 11) is 1.69. The zero-order valence-corrected chi connectivity index (χ0v) is 15.4. The SMILES string of the molecule is COc1ccc(CCNC(=O)c2ccncc2)cc1C(C)(C)C.Cl. The Kier molecular flexibility index (Phi) is 7.23. The van der Waals surface area contributed by atoms with Gasteiger partial charge in [0.1, 0.15) is 5.75 Å². The van der Waals surface area contributed by atoms with Crippen LogP contribution in [0.3, 0.4) is 0 Å². The van der Waals surface area contributed by atoms with Gasteiger partial charge in [0.25, 0.3) is 5.91 Å². The molecular formula is C19H25ClN2O2. The van der Waals surface area contributed by atoms with Crippen LogP contribution in [0.5, 0.6) is 5.75 Å². The summed E-state index contributed by atoms with van der Waals surface area (Å²) in [4.78, 5) is 15.9. The molecule has 0 aliphatic carbocycles. The van der Waals surface area contributed by atoms with Crippen molar-refractivity contribution in [3.63, 3.8) is 0 Å². The fraction of sp³-hybridized carbons (Fsp3) is 0.368. The van der Waals surface area contributed by atoms with E-state index < -0.39 is 0 Å². The lowest BCUT2D eigenvalue weighted by atomic mass is 9.85. The third kappa shape index (κ3) is 5.24. The number of rotatable bonds is 5. The third-order valence-corrected chi connectivity index (χ3v) is 3.71. The number of ether oxygens (including phenoxy) is 1. The van der Waals surface area contributed by atoms with Crippen molar-refractivity contribution in [2.45, 2.75) is 32.6 Å². The van der Waals surface area contributed by atoms with Gasteiger partial charge in [-0.15, -0.1) is 12.4 Å². The van der Waals surface area contributed by atoms with Crippen LogP contribution in [0.25, 0.3) is 0 Å². The molecular weight excluding hydrogens is 324 g/mol. The number of halogens is 1. The molecule has 0 aliphatic rings. The molecule has 0 bridgehead atoms. The number of aromatic nitrogens is 1. The molecule has 2 aromatic rings. The molecule has 0 unspecified atom stereocenters. The highest BCUT2D eigenvalue weighted by Gasteiger charge is 2.19. The number of nitrogens with one attached hydrogen (secondary N) is 1. The summed E-state index contributed by atoms with van der Waals surface area (Å²) in [6.45, 7) is 7.09. The number of nitrogens with zero attached hydrogens (tertiary/aromatic N) is 1. The Morgan fingerprint density at radius 2 is 1.83 bits per heavy atom. The van der Waals surface area contributed by atoms with Gasteiger partial charge in [-0.05, 0) is 41.2 Å². The second-order valence-electron chi connectivity index (χ2n) is 6.53. The van der Waals surface area contributed by atoms with Crippen LogP contribution in [0, 0.1) is 0 Å². The first-order valence-corrected chi connectivity index (χ1v) is 7.77. The van der Waals surface area contributed by atoms with Crippen LogP contribution in [0.15, 0.2) is 42.7 Å². The Hall–Kier alpha value is -2.07. The second-order valence-corrected chi connectivity index (χ2v) is 6.53. The number of benzene rings is 1. The minimum absolute atomic E-state index is 0. The van der Waals surface area contributed by atoms with E-state index in [1.54, 1.807) is 31.6 Å². The van der Waals surface area contributed by atoms with Crippen LogP contribution in [-0.2, 0) is 11.8 Å². The molecule has 1 heterocycles. The van der Waals surface area contributed by atoms with Crippen molar-refractivity contribution in [3.05, 3.63) is 59.4 Å². The molecule has 0 saturated heterocycles. The quantitative estimate of drug-likeness (QED) is 0.894. The monoisotopic (exact) mass is 348 g/mol. The summed E-state index contributed by atoms with van der Waals surface area (Å²) in [5, 5.41) is 2.94. The minimum atomic E-state index is -0.0723. The van der Waals surface area contributed by atoms with Crippen LogP contribution in [0.4, 0.5) is 0 Å². The molecule has 0 radical (unpaired) electrons. The molecule has 0 fully saturated rings. The van der Waals surface area contributed by atoms with Gasteiger partial charge in [0.15, 0.2) is 0 Å². The normalized spacial score (nSPS) is 10.7. The summed E-state index contributed by atoms with van der Waals surface area (Å²) < 4.78 is 5.45. The molecule has 0 aliphatic heterocycles. The van der Waals surface area contributed by atoms with Crippen LogP contribution < -0.4 is 10.1 Å². The Balaban J connectivity index is 0.00000288. The number of hydrogen-bond donors (Lipinski definition) is 1. The summed E-state index contributed by atoms with van der Waals surface area (Å²) in [6, 6.07) is 9.63. The highest BCUT2D eigenvalue weighted by Crippen LogP contribution is 2.32. The lowest BCUT2D eigenvalue weighted by Crippen LogP contribution is -2.25. The van der Waals surface area contributed by atoms with Gasteiger partial charge in [0, 0.05) is 24.5 Å². The number of methoxy groups -OCH3 is 1. The lowest BCUT2D eigenvalue weighted by molar-refractivity contribution is 0.0954. The summed E-state index contributed by atoms with van der Waals surface area (Å²) in [5.41, 5.74) is 3.01. The van der Waals surface area contributed by atoms with E-state index in [-0.39, 0.29) is 23.7 Å². The molecule has 5 heteroatoms. The first kappa shape index (κ1) is 20.0. The van der Waals surface area contributed by atoms with Gasteiger partial charge in [-0.25, -0.2) is 0 Å². The number of carbonyl (C=O) groups is 1. The van der Waals surface area contributed by atoms with Crippen molar-refractivity contribution in [2.24, 2.45) is 0 Å². The maximum Gasteiger partial charge on any atom is 0.251 e. The van der Waals surface area contributed by atoms with Crippen molar-refractivity contribution in [1.82, 2.24) is 10.3 Å². The van der Waals surface area contributed by atoms with Crippen LogP contribution in [-0.4, -0.2) is 24.5 Å². The molecule has 0 saturated carbocycles. The highest BCUT2D eigenvalue weighted by atomic mass is 35.5. The predicted octanol–water partition coefficient (Wildman–Crippen LogP) is 3.78. The molecule has 1 aromatic heterocycles. The highest BCUT2D eigenvalue weighted by molar-refractivity contribution is 5.93. The van der Waals surface area contributed by atoms with E-state index in [9.17, 15) is 4.79 Å². The molecule has 1 amide bonds. The van der Waals surface area contributed by atoms with E-state index in [4.69, 9.17) is 4.74 Å². The summed E-state index contributed by atoms with van der Waals surface area (Å²) in [6.07, 6.45) is 4.02. The van der Waals surface area contributed by atoms with E-state index in [0.29, 0.717) is 12.1 Å². The second kappa shape index (κ2) is 8.69. The standard InChI is InChI=1S/C19H24N2O2.ClH/c1-19(2,3)16-13-14(5-6-17(16)23-4)7-12-21-18(22)15-8-10-20-11-9-15;/h5-6,8-11,13H,7,12H2,1-4H3,(H,21,22);1H. The van der Waals surface area contributed by atoms with Crippen molar-refractivity contribution in [1.29, 1.82) is 0 Å². The predicted molar refractivity (Wildman–Crippen MR) is 99.2 cm³/mol. The fourth-order valence-corrected chi connectivity index (χ4v) is 2.42. The van der Waals surface area contributed by atoms with Gasteiger partial charge in [-0.1, -0.05) is 32.9 Å². The van der Waals surface area contributed by atoms with E-state index in [0.717, 1.165) is 12.2 Å². The van der Waals surface area contributed by atoms with Crippen LogP contribution in [0.1, 0.15) is 42.3 Å². The number of amides is 1. The van der Waals surface area contributed by atoms with Gasteiger partial charge >= 0.3 is 0 Å². The van der Waals surface area contributed by atoms with E-state index in [2.05, 4.69) is 37.1 Å². The molecule has 2 rings (SSSR count). The molecule has 130 valence electrons. The average Bonchev–Trinajstić information content (AvgIpc) is 2.54. The Morgan fingerprint density at radius 3 is 2.42 bits per heavy atom. The lowest BCUT2D eigenvalue weighted by Gasteiger charge is -2.23. The smallest absolute Gasteiger partial charge is 0.251 e. The zero-order valence-electron chi connectivity index (χ0n) is 14.6. The molecule has 0 spiro atoms. The Morgan fingerprint density at radius 1 is 1.17 bits per heavy atom. The summed E-state index contributed by atoms with van der Waals surface area (Å²) in [5.74, 6) is 0.832. The van der Waals surface area contributed by atoms with Gasteiger partial charge in [-0.3, -0.25) is 9.78 Å². The maximum atomic E-state index is 12.0. The zero-order chi connectivity index (χ0) is 16.9. The summed E-state index contributed by atoms with van der Waals surface area (Å²) >= 11 is 0. The van der Waals surface area contributed by atoms with E-state index in [1.807, 2.05) is 12.1 Å². The van der Waals surface area contributed by atoms with Gasteiger partial charge in [-0.2, -0.15) is 0 Å². The fourth-order valence-electron chi connectivity index (χ4n) is 2.42. The molecule has 1 aromatic carbocycles. The van der Waals surface area contributed by atoms with E-state index in [1.165, 1.54) is 11.1 Å². The molecule has 24 heavy (non-hydrogen) atoms. The van der Waals surface area contributed by atoms with E-state index >= 15 is 0 Å². The maximum absolute atomic E-state index is 12.0. The van der Waals surface area contributed by atoms with Gasteiger partial charge in [0.2, 0.25) is 0 Å². The van der Waals surface area contributed by atoms with Crippen LogP contribution >= 0.6 is 12.4 Å². The van der Waals surface area contributed by atoms with Crippen molar-refractivity contribution < 1.29 is 9.53 Å². The number of hydrogen-bond acceptors (Lipinski definition) is 3. The molecule has 4 nitrogen and oxygen atoms in total.